The molecule has 3 saturated carbocycles. The molecule has 1 saturated heterocycles. The topological polar surface area (TPSA) is 35.2 Å². The Bertz CT molecular complexity index is 305. The lowest BCUT2D eigenvalue weighted by molar-refractivity contribution is 0.0161. The van der Waals surface area contributed by atoms with Crippen molar-refractivity contribution in [2.75, 3.05) is 13.2 Å². The van der Waals surface area contributed by atoms with Gasteiger partial charge in [-0.05, 0) is 74.2 Å². The largest absolute Gasteiger partial charge is 0.378 e. The molecule has 3 aliphatic carbocycles. The molecule has 90 valence electrons. The zero-order chi connectivity index (χ0) is 10.8. The molecular formula is C14H23NO. The quantitative estimate of drug-likeness (QED) is 0.792. The van der Waals surface area contributed by atoms with Crippen molar-refractivity contribution in [1.82, 2.24) is 0 Å². The molecule has 6 unspecified atom stereocenters. The van der Waals surface area contributed by atoms with Gasteiger partial charge >= 0.3 is 0 Å². The highest BCUT2D eigenvalue weighted by Gasteiger charge is 2.85. The van der Waals surface area contributed by atoms with Crippen LogP contribution in [0.1, 0.15) is 38.5 Å². The molecule has 0 bridgehead atoms. The van der Waals surface area contributed by atoms with E-state index in [1.807, 2.05) is 0 Å². The summed E-state index contributed by atoms with van der Waals surface area (Å²) in [4.78, 5) is 0. The van der Waals surface area contributed by atoms with E-state index in [1.165, 1.54) is 31.6 Å². The van der Waals surface area contributed by atoms with Crippen molar-refractivity contribution in [3.8, 4) is 0 Å². The predicted molar refractivity (Wildman–Crippen MR) is 62.9 cm³/mol. The van der Waals surface area contributed by atoms with Crippen LogP contribution in [0.3, 0.4) is 0 Å². The second kappa shape index (κ2) is 3.23. The van der Waals surface area contributed by atoms with E-state index in [9.17, 15) is 0 Å². The van der Waals surface area contributed by atoms with Crippen LogP contribution in [-0.2, 0) is 4.74 Å². The average Bonchev–Trinajstić information content (AvgIpc) is 3.07. The summed E-state index contributed by atoms with van der Waals surface area (Å²) in [6.07, 6.45) is 8.58. The first-order chi connectivity index (χ1) is 7.88. The summed E-state index contributed by atoms with van der Waals surface area (Å²) in [6.45, 7) is 1.85. The van der Waals surface area contributed by atoms with E-state index in [1.54, 1.807) is 6.42 Å². The van der Waals surface area contributed by atoms with Gasteiger partial charge in [-0.15, -0.1) is 0 Å². The lowest BCUT2D eigenvalue weighted by Crippen LogP contribution is -2.25. The first kappa shape index (κ1) is 9.90. The first-order valence-corrected chi connectivity index (χ1v) is 7.19. The Labute approximate surface area is 97.9 Å². The highest BCUT2D eigenvalue weighted by Crippen LogP contribution is 2.90. The summed E-state index contributed by atoms with van der Waals surface area (Å²) in [5.74, 6) is 4.56. The van der Waals surface area contributed by atoms with Crippen LogP contribution in [0.2, 0.25) is 0 Å². The van der Waals surface area contributed by atoms with Gasteiger partial charge in [0.2, 0.25) is 0 Å². The van der Waals surface area contributed by atoms with Gasteiger partial charge in [0, 0.05) is 6.61 Å². The lowest BCUT2D eigenvalue weighted by atomic mass is 9.79. The molecule has 4 fully saturated rings. The van der Waals surface area contributed by atoms with Crippen molar-refractivity contribution in [1.29, 1.82) is 0 Å². The SMILES string of the molecule is NCCCC1CCC23C4CC4C2C3CCO1. The highest BCUT2D eigenvalue weighted by molar-refractivity contribution is 5.32. The Hall–Kier alpha value is -0.0800. The van der Waals surface area contributed by atoms with E-state index in [0.29, 0.717) is 6.10 Å². The molecule has 16 heavy (non-hydrogen) atoms. The van der Waals surface area contributed by atoms with E-state index >= 15 is 0 Å². The number of rotatable bonds is 3. The van der Waals surface area contributed by atoms with Crippen LogP contribution in [0.4, 0.5) is 0 Å². The van der Waals surface area contributed by atoms with Crippen molar-refractivity contribution >= 4 is 0 Å². The molecule has 1 heterocycles. The van der Waals surface area contributed by atoms with Gasteiger partial charge < -0.3 is 10.5 Å². The number of fused-ring (bicyclic) bond motifs is 3. The predicted octanol–water partition coefficient (Wildman–Crippen LogP) is 2.18. The fraction of sp³-hybridized carbons (Fsp3) is 1.00. The van der Waals surface area contributed by atoms with Gasteiger partial charge in [0.15, 0.2) is 0 Å². The monoisotopic (exact) mass is 221 g/mol. The molecule has 0 aromatic rings. The van der Waals surface area contributed by atoms with Gasteiger partial charge in [-0.2, -0.15) is 0 Å². The third kappa shape index (κ3) is 1.10. The molecule has 4 rings (SSSR count). The molecule has 2 N–H and O–H groups in total. The summed E-state index contributed by atoms with van der Waals surface area (Å²) in [6, 6.07) is 0. The third-order valence-corrected chi connectivity index (χ3v) is 6.04. The summed E-state index contributed by atoms with van der Waals surface area (Å²) < 4.78 is 6.00. The van der Waals surface area contributed by atoms with E-state index in [2.05, 4.69) is 0 Å². The van der Waals surface area contributed by atoms with Gasteiger partial charge in [-0.3, -0.25) is 0 Å². The van der Waals surface area contributed by atoms with Crippen LogP contribution in [0, 0.1) is 29.1 Å². The molecule has 6 atom stereocenters. The zero-order valence-corrected chi connectivity index (χ0v) is 10.0. The smallest absolute Gasteiger partial charge is 0.0575 e. The minimum Gasteiger partial charge on any atom is -0.378 e. The minimum absolute atomic E-state index is 0.526. The molecule has 4 aliphatic rings. The summed E-state index contributed by atoms with van der Waals surface area (Å²) in [5, 5.41) is 0. The second-order valence-electron chi connectivity index (χ2n) is 6.50. The summed E-state index contributed by atoms with van der Waals surface area (Å²) >= 11 is 0. The Morgan fingerprint density at radius 1 is 1.25 bits per heavy atom. The summed E-state index contributed by atoms with van der Waals surface area (Å²) in [7, 11) is 0. The fourth-order valence-corrected chi connectivity index (χ4v) is 5.32. The maximum absolute atomic E-state index is 6.00. The Balaban J connectivity index is 1.39. The molecule has 0 amide bonds. The zero-order valence-electron chi connectivity index (χ0n) is 10.0. The number of nitrogens with two attached hydrogens (primary N) is 1. The van der Waals surface area contributed by atoms with Crippen molar-refractivity contribution in [3.63, 3.8) is 0 Å². The van der Waals surface area contributed by atoms with Crippen molar-refractivity contribution < 1.29 is 4.74 Å². The Kier molecular flexibility index (Phi) is 2.00. The molecule has 1 spiro atoms. The van der Waals surface area contributed by atoms with E-state index in [0.717, 1.165) is 42.7 Å². The normalized spacial score (nSPS) is 57.2. The van der Waals surface area contributed by atoms with Crippen LogP contribution in [0.25, 0.3) is 0 Å². The van der Waals surface area contributed by atoms with Gasteiger partial charge in [0.05, 0.1) is 6.10 Å². The molecule has 0 aromatic carbocycles. The van der Waals surface area contributed by atoms with Crippen LogP contribution >= 0.6 is 0 Å². The average molecular weight is 221 g/mol. The fourth-order valence-electron chi connectivity index (χ4n) is 5.32. The molecule has 0 aromatic heterocycles. The van der Waals surface area contributed by atoms with Gasteiger partial charge in [0.25, 0.3) is 0 Å². The molecule has 2 nitrogen and oxygen atoms in total. The van der Waals surface area contributed by atoms with Crippen LogP contribution < -0.4 is 5.73 Å². The maximum atomic E-state index is 6.00. The third-order valence-electron chi connectivity index (χ3n) is 6.04. The summed E-state index contributed by atoms with van der Waals surface area (Å²) in [5.41, 5.74) is 6.44. The first-order valence-electron chi connectivity index (χ1n) is 7.19. The van der Waals surface area contributed by atoms with Crippen LogP contribution in [0.15, 0.2) is 0 Å². The number of hydrogen-bond donors (Lipinski definition) is 1. The standard InChI is InChI=1S/C14H23NO/c15-6-1-2-9-3-5-14-11(4-7-16-9)13(14)10-8-12(10)14/h9-13H,1-8,15H2. The highest BCUT2D eigenvalue weighted by atomic mass is 16.5. The van der Waals surface area contributed by atoms with Gasteiger partial charge in [-0.25, -0.2) is 0 Å². The van der Waals surface area contributed by atoms with E-state index in [-0.39, 0.29) is 0 Å². The minimum atomic E-state index is 0.526. The Morgan fingerprint density at radius 2 is 2.19 bits per heavy atom. The molecule has 0 radical (unpaired) electrons. The maximum Gasteiger partial charge on any atom is 0.0575 e. The molecule has 1 aliphatic heterocycles. The Morgan fingerprint density at radius 3 is 3.06 bits per heavy atom. The molecular weight excluding hydrogens is 198 g/mol. The van der Waals surface area contributed by atoms with Gasteiger partial charge in [-0.1, -0.05) is 0 Å². The second-order valence-corrected chi connectivity index (χ2v) is 6.50. The van der Waals surface area contributed by atoms with Crippen molar-refractivity contribution in [3.05, 3.63) is 0 Å². The van der Waals surface area contributed by atoms with Crippen molar-refractivity contribution in [2.24, 2.45) is 34.8 Å². The number of ether oxygens (including phenoxy) is 1. The van der Waals surface area contributed by atoms with Crippen LogP contribution in [0.5, 0.6) is 0 Å². The number of hydrogen-bond acceptors (Lipinski definition) is 2. The van der Waals surface area contributed by atoms with Crippen molar-refractivity contribution in [2.45, 2.75) is 44.6 Å². The van der Waals surface area contributed by atoms with Gasteiger partial charge in [0.1, 0.15) is 0 Å². The van der Waals surface area contributed by atoms with E-state index in [4.69, 9.17) is 10.5 Å². The molecule has 2 heteroatoms. The van der Waals surface area contributed by atoms with Crippen LogP contribution in [-0.4, -0.2) is 19.3 Å². The lowest BCUT2D eigenvalue weighted by Gasteiger charge is -2.29. The van der Waals surface area contributed by atoms with E-state index < -0.39 is 0 Å².